The van der Waals surface area contributed by atoms with Crippen LogP contribution < -0.4 is 11.1 Å². The number of benzene rings is 1. The van der Waals surface area contributed by atoms with Crippen LogP contribution in [0.1, 0.15) is 24.2 Å². The molecule has 8 nitrogen and oxygen atoms in total. The van der Waals surface area contributed by atoms with Crippen LogP contribution in [0.15, 0.2) is 18.2 Å². The third-order valence-corrected chi connectivity index (χ3v) is 2.51. The van der Waals surface area contributed by atoms with E-state index in [0.717, 1.165) is 18.2 Å². The predicted octanol–water partition coefficient (Wildman–Crippen LogP) is 0.969. The highest BCUT2D eigenvalue weighted by molar-refractivity contribution is 5.96. The number of non-ortho nitro benzene ring substituents is 1. The topological polar surface area (TPSA) is 136 Å². The van der Waals surface area contributed by atoms with Crippen molar-refractivity contribution in [3.8, 4) is 0 Å². The van der Waals surface area contributed by atoms with Crippen molar-refractivity contribution < 1.29 is 19.6 Å². The lowest BCUT2D eigenvalue weighted by Gasteiger charge is -2.24. The quantitative estimate of drug-likeness (QED) is 0.537. The lowest BCUT2D eigenvalue weighted by atomic mass is 10.0. The molecule has 1 aromatic carbocycles. The van der Waals surface area contributed by atoms with Crippen LogP contribution in [0.4, 0.5) is 11.4 Å². The van der Waals surface area contributed by atoms with E-state index in [-0.39, 0.29) is 16.9 Å². The molecule has 4 N–H and O–H groups in total. The van der Waals surface area contributed by atoms with E-state index in [1.165, 1.54) is 13.8 Å². The van der Waals surface area contributed by atoms with E-state index >= 15 is 0 Å². The number of amides is 1. The van der Waals surface area contributed by atoms with Gasteiger partial charge < -0.3 is 16.2 Å². The first-order valence-corrected chi connectivity index (χ1v) is 5.25. The summed E-state index contributed by atoms with van der Waals surface area (Å²) in [6.07, 6.45) is 0. The normalized spacial score (nSPS) is 10.8. The molecule has 1 aromatic rings. The number of hydrogen-bond donors (Lipinski definition) is 3. The zero-order valence-electron chi connectivity index (χ0n) is 10.3. The fourth-order valence-corrected chi connectivity index (χ4v) is 1.33. The van der Waals surface area contributed by atoms with Crippen LogP contribution in [0.3, 0.4) is 0 Å². The molecule has 102 valence electrons. The van der Waals surface area contributed by atoms with Gasteiger partial charge in [-0.15, -0.1) is 0 Å². The van der Waals surface area contributed by atoms with Gasteiger partial charge in [-0.3, -0.25) is 14.9 Å². The van der Waals surface area contributed by atoms with Crippen molar-refractivity contribution in [2.45, 2.75) is 19.4 Å². The molecule has 1 rings (SSSR count). The Morgan fingerprint density at radius 1 is 1.42 bits per heavy atom. The summed E-state index contributed by atoms with van der Waals surface area (Å²) in [5.41, 5.74) is 3.42. The van der Waals surface area contributed by atoms with Crippen molar-refractivity contribution in [1.82, 2.24) is 0 Å². The number of carboxylic acid groups (broad SMARTS) is 1. The molecule has 0 aliphatic heterocycles. The van der Waals surface area contributed by atoms with Crippen LogP contribution in [0.25, 0.3) is 0 Å². The number of nitro groups is 1. The number of anilines is 1. The lowest BCUT2D eigenvalue weighted by Crippen LogP contribution is -2.45. The lowest BCUT2D eigenvalue weighted by molar-refractivity contribution is -0.384. The van der Waals surface area contributed by atoms with Crippen molar-refractivity contribution in [3.05, 3.63) is 33.9 Å². The number of nitrogens with zero attached hydrogens (tertiary/aromatic N) is 1. The number of carbonyl (C=O) groups is 2. The van der Waals surface area contributed by atoms with Crippen LogP contribution >= 0.6 is 0 Å². The summed E-state index contributed by atoms with van der Waals surface area (Å²) < 4.78 is 0. The molecule has 0 unspecified atom stereocenters. The molecule has 0 radical (unpaired) electrons. The third-order valence-electron chi connectivity index (χ3n) is 2.51. The average Bonchev–Trinajstić information content (AvgIpc) is 2.27. The molecule has 0 aliphatic carbocycles. The Kier molecular flexibility index (Phi) is 3.74. The van der Waals surface area contributed by atoms with Gasteiger partial charge >= 0.3 is 5.97 Å². The van der Waals surface area contributed by atoms with E-state index < -0.39 is 22.3 Å². The van der Waals surface area contributed by atoms with Gasteiger partial charge in [0.1, 0.15) is 5.54 Å². The summed E-state index contributed by atoms with van der Waals surface area (Å²) in [6.45, 7) is 2.89. The molecule has 0 saturated carbocycles. The molecular formula is C11H13N3O5. The Balaban J connectivity index is 3.29. The van der Waals surface area contributed by atoms with Gasteiger partial charge in [0.15, 0.2) is 0 Å². The van der Waals surface area contributed by atoms with Gasteiger partial charge in [-0.25, -0.2) is 4.79 Å². The summed E-state index contributed by atoms with van der Waals surface area (Å²) in [6, 6.07) is 3.22. The molecule has 0 aliphatic rings. The fourth-order valence-electron chi connectivity index (χ4n) is 1.33. The Bertz CT molecular complexity index is 553. The van der Waals surface area contributed by atoms with Gasteiger partial charge in [0, 0.05) is 12.1 Å². The number of primary amides is 1. The second-order valence-corrected chi connectivity index (χ2v) is 4.41. The molecule has 0 aromatic heterocycles. The molecule has 0 atom stereocenters. The molecular weight excluding hydrogens is 254 g/mol. The standard InChI is InChI=1S/C11H13N3O5/c1-11(2,10(12)17)13-8-5-6(14(18)19)3-4-7(8)9(15)16/h3-5,13H,1-2H3,(H2,12,17)(H,15,16). The first-order chi connectivity index (χ1) is 8.65. The average molecular weight is 267 g/mol. The maximum absolute atomic E-state index is 11.2. The van der Waals surface area contributed by atoms with Gasteiger partial charge in [-0.2, -0.15) is 0 Å². The Morgan fingerprint density at radius 2 is 2.00 bits per heavy atom. The third kappa shape index (κ3) is 3.18. The summed E-state index contributed by atoms with van der Waals surface area (Å²) in [5.74, 6) is -1.98. The predicted molar refractivity (Wildman–Crippen MR) is 67.0 cm³/mol. The van der Waals surface area contributed by atoms with Crippen molar-refractivity contribution in [2.24, 2.45) is 5.73 Å². The SMILES string of the molecule is CC(C)(Nc1cc([N+](=O)[O-])ccc1C(=O)O)C(N)=O. The largest absolute Gasteiger partial charge is 0.478 e. The summed E-state index contributed by atoms with van der Waals surface area (Å²) in [7, 11) is 0. The molecule has 0 bridgehead atoms. The summed E-state index contributed by atoms with van der Waals surface area (Å²) in [4.78, 5) is 32.3. The van der Waals surface area contributed by atoms with Crippen LogP contribution in [-0.4, -0.2) is 27.4 Å². The maximum Gasteiger partial charge on any atom is 0.337 e. The monoisotopic (exact) mass is 267 g/mol. The molecule has 1 amide bonds. The highest BCUT2D eigenvalue weighted by Crippen LogP contribution is 2.25. The number of nitrogens with two attached hydrogens (primary N) is 1. The van der Waals surface area contributed by atoms with E-state index in [1.54, 1.807) is 0 Å². The van der Waals surface area contributed by atoms with Crippen LogP contribution in [0.5, 0.6) is 0 Å². The second-order valence-electron chi connectivity index (χ2n) is 4.41. The van der Waals surface area contributed by atoms with Gasteiger partial charge in [-0.05, 0) is 19.9 Å². The molecule has 19 heavy (non-hydrogen) atoms. The highest BCUT2D eigenvalue weighted by atomic mass is 16.6. The van der Waals surface area contributed by atoms with Gasteiger partial charge in [0.05, 0.1) is 16.2 Å². The number of nitro benzene ring substituents is 1. The van der Waals surface area contributed by atoms with Crippen molar-refractivity contribution in [2.75, 3.05) is 5.32 Å². The number of rotatable bonds is 5. The molecule has 0 spiro atoms. The molecule has 0 saturated heterocycles. The van der Waals surface area contributed by atoms with Gasteiger partial charge in [-0.1, -0.05) is 0 Å². The van der Waals surface area contributed by atoms with Crippen LogP contribution in [0, 0.1) is 10.1 Å². The van der Waals surface area contributed by atoms with E-state index in [1.807, 2.05) is 0 Å². The number of carboxylic acids is 1. The van der Waals surface area contributed by atoms with Crippen LogP contribution in [-0.2, 0) is 4.79 Å². The first kappa shape index (κ1) is 14.4. The number of carbonyl (C=O) groups excluding carboxylic acids is 1. The van der Waals surface area contributed by atoms with E-state index in [0.29, 0.717) is 0 Å². The van der Waals surface area contributed by atoms with E-state index in [9.17, 15) is 19.7 Å². The molecule has 8 heteroatoms. The van der Waals surface area contributed by atoms with E-state index in [4.69, 9.17) is 10.8 Å². The second kappa shape index (κ2) is 4.92. The van der Waals surface area contributed by atoms with Gasteiger partial charge in [0.2, 0.25) is 5.91 Å². The summed E-state index contributed by atoms with van der Waals surface area (Å²) in [5, 5.41) is 22.3. The minimum absolute atomic E-state index is 0.0366. The smallest absolute Gasteiger partial charge is 0.337 e. The van der Waals surface area contributed by atoms with Crippen molar-refractivity contribution >= 4 is 23.3 Å². The zero-order valence-corrected chi connectivity index (χ0v) is 10.3. The van der Waals surface area contributed by atoms with Gasteiger partial charge in [0.25, 0.3) is 5.69 Å². The molecule has 0 fully saturated rings. The maximum atomic E-state index is 11.2. The summed E-state index contributed by atoms with van der Waals surface area (Å²) >= 11 is 0. The van der Waals surface area contributed by atoms with Crippen LogP contribution in [0.2, 0.25) is 0 Å². The fraction of sp³-hybridized carbons (Fsp3) is 0.273. The minimum Gasteiger partial charge on any atom is -0.478 e. The highest BCUT2D eigenvalue weighted by Gasteiger charge is 2.27. The Morgan fingerprint density at radius 3 is 2.42 bits per heavy atom. The number of nitrogens with one attached hydrogen (secondary N) is 1. The Hall–Kier alpha value is -2.64. The first-order valence-electron chi connectivity index (χ1n) is 5.25. The number of aromatic carboxylic acids is 1. The van der Waals surface area contributed by atoms with Crippen molar-refractivity contribution in [1.29, 1.82) is 0 Å². The zero-order chi connectivity index (χ0) is 14.8. The molecule has 0 heterocycles. The number of hydrogen-bond acceptors (Lipinski definition) is 5. The van der Waals surface area contributed by atoms with E-state index in [2.05, 4.69) is 5.32 Å². The minimum atomic E-state index is -1.27. The Labute approximate surface area is 108 Å². The van der Waals surface area contributed by atoms with Crippen molar-refractivity contribution in [3.63, 3.8) is 0 Å².